The lowest BCUT2D eigenvalue weighted by atomic mass is 10.0. The van der Waals surface area contributed by atoms with Crippen LogP contribution in [0, 0.1) is 0 Å². The van der Waals surface area contributed by atoms with Crippen molar-refractivity contribution in [2.24, 2.45) is 0 Å². The number of amides is 1. The van der Waals surface area contributed by atoms with Crippen LogP contribution in [0.1, 0.15) is 26.2 Å². The van der Waals surface area contributed by atoms with E-state index in [1.807, 2.05) is 4.90 Å². The Morgan fingerprint density at radius 3 is 2.69 bits per heavy atom. The van der Waals surface area contributed by atoms with E-state index in [0.29, 0.717) is 5.91 Å². The molecule has 0 bridgehead atoms. The van der Waals surface area contributed by atoms with Crippen LogP contribution in [0.25, 0.3) is 0 Å². The van der Waals surface area contributed by atoms with E-state index in [4.69, 9.17) is 0 Å². The van der Waals surface area contributed by atoms with Gasteiger partial charge in [0.15, 0.2) is 0 Å². The van der Waals surface area contributed by atoms with E-state index in [1.165, 1.54) is 12.8 Å². The summed E-state index contributed by atoms with van der Waals surface area (Å²) in [6.07, 6.45) is 3.51. The molecule has 2 heterocycles. The van der Waals surface area contributed by atoms with Crippen LogP contribution in [-0.4, -0.2) is 61.0 Å². The van der Waals surface area contributed by atoms with Gasteiger partial charge in [0, 0.05) is 26.2 Å². The van der Waals surface area contributed by atoms with Crippen LogP contribution in [-0.2, 0) is 4.79 Å². The summed E-state index contributed by atoms with van der Waals surface area (Å²) >= 11 is 0. The third kappa shape index (κ3) is 2.55. The van der Waals surface area contributed by atoms with Crippen molar-refractivity contribution in [1.82, 2.24) is 15.1 Å². The van der Waals surface area contributed by atoms with Gasteiger partial charge in [0.1, 0.15) is 0 Å². The van der Waals surface area contributed by atoms with E-state index in [2.05, 4.69) is 17.1 Å². The van der Waals surface area contributed by atoms with E-state index < -0.39 is 0 Å². The van der Waals surface area contributed by atoms with Crippen LogP contribution < -0.4 is 5.32 Å². The van der Waals surface area contributed by atoms with Crippen molar-refractivity contribution < 1.29 is 4.79 Å². The molecule has 2 rings (SSSR count). The highest BCUT2D eigenvalue weighted by molar-refractivity contribution is 5.82. The van der Waals surface area contributed by atoms with Crippen LogP contribution in [0.15, 0.2) is 0 Å². The largest absolute Gasteiger partial charge is 0.339 e. The molecule has 0 spiro atoms. The molecule has 0 radical (unpaired) electrons. The molecule has 1 atom stereocenters. The molecule has 4 heteroatoms. The number of nitrogens with zero attached hydrogens (tertiary/aromatic N) is 2. The Kier molecular flexibility index (Phi) is 4.18. The molecule has 16 heavy (non-hydrogen) atoms. The minimum absolute atomic E-state index is 0.164. The molecule has 92 valence electrons. The Morgan fingerprint density at radius 2 is 2.00 bits per heavy atom. The van der Waals surface area contributed by atoms with Crippen LogP contribution >= 0.6 is 0 Å². The predicted octanol–water partition coefficient (Wildman–Crippen LogP) is 0.293. The average Bonchev–Trinajstić information content (AvgIpc) is 2.39. The first-order chi connectivity index (χ1) is 7.83. The summed E-state index contributed by atoms with van der Waals surface area (Å²) in [4.78, 5) is 16.8. The Balaban J connectivity index is 1.95. The Morgan fingerprint density at radius 1 is 1.25 bits per heavy atom. The second kappa shape index (κ2) is 5.64. The SMILES string of the molecule is CCN1CCCC[C@H]1C(=O)N1CCNCC1. The smallest absolute Gasteiger partial charge is 0.240 e. The maximum absolute atomic E-state index is 12.4. The van der Waals surface area contributed by atoms with Crippen molar-refractivity contribution in [3.8, 4) is 0 Å². The van der Waals surface area contributed by atoms with Gasteiger partial charge >= 0.3 is 0 Å². The summed E-state index contributed by atoms with van der Waals surface area (Å²) in [6, 6.07) is 0.164. The minimum atomic E-state index is 0.164. The second-order valence-corrected chi connectivity index (χ2v) is 4.72. The van der Waals surface area contributed by atoms with Crippen LogP contribution in [0.2, 0.25) is 0 Å². The molecule has 0 saturated carbocycles. The summed E-state index contributed by atoms with van der Waals surface area (Å²) in [6.45, 7) is 7.92. The predicted molar refractivity (Wildman–Crippen MR) is 64.3 cm³/mol. The maximum atomic E-state index is 12.4. The van der Waals surface area contributed by atoms with Gasteiger partial charge in [-0.25, -0.2) is 0 Å². The highest BCUT2D eigenvalue weighted by Gasteiger charge is 2.31. The molecular weight excluding hydrogens is 202 g/mol. The maximum Gasteiger partial charge on any atom is 0.240 e. The molecule has 2 aliphatic heterocycles. The van der Waals surface area contributed by atoms with Crippen LogP contribution in [0.5, 0.6) is 0 Å². The molecule has 1 amide bonds. The number of piperazine rings is 1. The zero-order chi connectivity index (χ0) is 11.4. The lowest BCUT2D eigenvalue weighted by molar-refractivity contribution is -0.138. The monoisotopic (exact) mass is 225 g/mol. The van der Waals surface area contributed by atoms with E-state index >= 15 is 0 Å². The number of nitrogens with one attached hydrogen (secondary N) is 1. The number of carbonyl (C=O) groups excluding carboxylic acids is 1. The van der Waals surface area contributed by atoms with Crippen molar-refractivity contribution in [1.29, 1.82) is 0 Å². The third-order valence-electron chi connectivity index (χ3n) is 3.73. The van der Waals surface area contributed by atoms with Gasteiger partial charge in [0.2, 0.25) is 5.91 Å². The lowest BCUT2D eigenvalue weighted by Crippen LogP contribution is -2.55. The molecule has 0 aromatic rings. The van der Waals surface area contributed by atoms with Gasteiger partial charge < -0.3 is 10.2 Å². The number of likely N-dealkylation sites (tertiary alicyclic amines) is 1. The molecule has 1 N–H and O–H groups in total. The fourth-order valence-electron chi connectivity index (χ4n) is 2.75. The summed E-state index contributed by atoms with van der Waals surface area (Å²) in [7, 11) is 0. The zero-order valence-electron chi connectivity index (χ0n) is 10.2. The highest BCUT2D eigenvalue weighted by atomic mass is 16.2. The van der Waals surface area contributed by atoms with Crippen molar-refractivity contribution >= 4 is 5.91 Å². The Labute approximate surface area is 98.0 Å². The fraction of sp³-hybridized carbons (Fsp3) is 0.917. The second-order valence-electron chi connectivity index (χ2n) is 4.72. The first-order valence-electron chi connectivity index (χ1n) is 6.56. The van der Waals surface area contributed by atoms with E-state index in [-0.39, 0.29) is 6.04 Å². The topological polar surface area (TPSA) is 35.6 Å². The standard InChI is InChI=1S/C12H23N3O/c1-2-14-8-4-3-5-11(14)12(16)15-9-6-13-7-10-15/h11,13H,2-10H2,1H3/t11-/m0/s1. The van der Waals surface area contributed by atoms with Crippen molar-refractivity contribution in [2.75, 3.05) is 39.3 Å². The number of likely N-dealkylation sites (N-methyl/N-ethyl adjacent to an activating group) is 1. The first kappa shape index (κ1) is 11.9. The van der Waals surface area contributed by atoms with E-state index in [1.54, 1.807) is 0 Å². The molecular formula is C12H23N3O. The summed E-state index contributed by atoms with van der Waals surface area (Å²) in [5.41, 5.74) is 0. The number of hydrogen-bond donors (Lipinski definition) is 1. The Hall–Kier alpha value is -0.610. The molecule has 2 saturated heterocycles. The molecule has 2 fully saturated rings. The van der Waals surface area contributed by atoms with Gasteiger partial charge in [0.25, 0.3) is 0 Å². The molecule has 4 nitrogen and oxygen atoms in total. The van der Waals surface area contributed by atoms with Gasteiger partial charge in [-0.1, -0.05) is 13.3 Å². The number of hydrogen-bond acceptors (Lipinski definition) is 3. The van der Waals surface area contributed by atoms with Crippen molar-refractivity contribution in [3.63, 3.8) is 0 Å². The summed E-state index contributed by atoms with van der Waals surface area (Å²) in [5.74, 6) is 0.364. The van der Waals surface area contributed by atoms with Crippen LogP contribution in [0.3, 0.4) is 0 Å². The van der Waals surface area contributed by atoms with Gasteiger partial charge in [0.05, 0.1) is 6.04 Å². The summed E-state index contributed by atoms with van der Waals surface area (Å²) < 4.78 is 0. The first-order valence-corrected chi connectivity index (χ1v) is 6.56. The summed E-state index contributed by atoms with van der Waals surface area (Å²) in [5, 5.41) is 3.29. The highest BCUT2D eigenvalue weighted by Crippen LogP contribution is 2.18. The van der Waals surface area contributed by atoms with Crippen LogP contribution in [0.4, 0.5) is 0 Å². The minimum Gasteiger partial charge on any atom is -0.339 e. The normalized spacial score (nSPS) is 28.1. The fourth-order valence-corrected chi connectivity index (χ4v) is 2.75. The molecule has 0 aliphatic carbocycles. The van der Waals surface area contributed by atoms with Gasteiger partial charge in [-0.3, -0.25) is 9.69 Å². The quantitative estimate of drug-likeness (QED) is 0.734. The molecule has 0 aromatic carbocycles. The average molecular weight is 225 g/mol. The van der Waals surface area contributed by atoms with Crippen molar-refractivity contribution in [3.05, 3.63) is 0 Å². The molecule has 2 aliphatic rings. The van der Waals surface area contributed by atoms with Gasteiger partial charge in [-0.05, 0) is 25.9 Å². The lowest BCUT2D eigenvalue weighted by Gasteiger charge is -2.38. The third-order valence-corrected chi connectivity index (χ3v) is 3.73. The number of piperidine rings is 1. The molecule has 0 unspecified atom stereocenters. The van der Waals surface area contributed by atoms with E-state index in [0.717, 1.165) is 45.7 Å². The van der Waals surface area contributed by atoms with Crippen molar-refractivity contribution in [2.45, 2.75) is 32.2 Å². The number of carbonyl (C=O) groups is 1. The van der Waals surface area contributed by atoms with Gasteiger partial charge in [-0.2, -0.15) is 0 Å². The number of rotatable bonds is 2. The molecule has 0 aromatic heterocycles. The zero-order valence-corrected chi connectivity index (χ0v) is 10.2. The Bertz CT molecular complexity index is 238. The van der Waals surface area contributed by atoms with E-state index in [9.17, 15) is 4.79 Å². The van der Waals surface area contributed by atoms with Gasteiger partial charge in [-0.15, -0.1) is 0 Å².